The van der Waals surface area contributed by atoms with Crippen LogP contribution >= 0.6 is 0 Å². The maximum absolute atomic E-state index is 12.9. The molecule has 3 amide bonds. The molecule has 1 N–H and O–H groups in total. The van der Waals surface area contributed by atoms with E-state index < -0.39 is 12.2 Å². The van der Waals surface area contributed by atoms with Crippen LogP contribution in [-0.2, 0) is 9.53 Å². The summed E-state index contributed by atoms with van der Waals surface area (Å²) in [5.41, 5.74) is 3.58. The molecule has 0 saturated carbocycles. The van der Waals surface area contributed by atoms with Crippen molar-refractivity contribution < 1.29 is 24.2 Å². The Morgan fingerprint density at radius 2 is 1.68 bits per heavy atom. The lowest BCUT2D eigenvalue weighted by molar-refractivity contribution is -0.117. The molecule has 2 atom stereocenters. The lowest BCUT2D eigenvalue weighted by Crippen LogP contribution is -2.51. The summed E-state index contributed by atoms with van der Waals surface area (Å²) in [6, 6.07) is 12.7. The number of fused-ring (bicyclic) bond motifs is 1. The Labute approximate surface area is 199 Å². The Kier molecular flexibility index (Phi) is 6.61. The minimum Gasteiger partial charge on any atom is -0.446 e. The zero-order valence-corrected chi connectivity index (χ0v) is 20.0. The van der Waals surface area contributed by atoms with Crippen LogP contribution in [0.1, 0.15) is 44.5 Å². The predicted molar refractivity (Wildman–Crippen MR) is 130 cm³/mol. The van der Waals surface area contributed by atoms with Crippen LogP contribution in [0.3, 0.4) is 0 Å². The fourth-order valence-electron chi connectivity index (χ4n) is 4.64. The molecule has 2 heterocycles. The molecule has 1 saturated heterocycles. The predicted octanol–water partition coefficient (Wildman–Crippen LogP) is 3.67. The molecule has 4 rings (SSSR count). The molecule has 2 aliphatic heterocycles. The van der Waals surface area contributed by atoms with E-state index in [9.17, 15) is 19.5 Å². The molecular weight excluding hydrogens is 434 g/mol. The van der Waals surface area contributed by atoms with Gasteiger partial charge in [-0.25, -0.2) is 4.79 Å². The van der Waals surface area contributed by atoms with Crippen LogP contribution in [0.4, 0.5) is 16.2 Å². The Balaban J connectivity index is 1.66. The molecule has 2 aromatic carbocycles. The molecule has 0 aromatic heterocycles. The largest absolute Gasteiger partial charge is 0.446 e. The summed E-state index contributed by atoms with van der Waals surface area (Å²) < 4.78 is 5.46. The lowest BCUT2D eigenvalue weighted by Gasteiger charge is -2.40. The first kappa shape index (κ1) is 23.8. The maximum Gasteiger partial charge on any atom is 0.414 e. The number of aliphatic hydroxyl groups excluding tert-OH is 1. The van der Waals surface area contributed by atoms with Crippen molar-refractivity contribution in [1.82, 2.24) is 4.90 Å². The first-order chi connectivity index (χ1) is 16.2. The fraction of sp³-hybridized carbons (Fsp3) is 0.423. The molecule has 0 aliphatic carbocycles. The summed E-state index contributed by atoms with van der Waals surface area (Å²) in [7, 11) is 0. The van der Waals surface area contributed by atoms with E-state index in [0.717, 1.165) is 11.1 Å². The second-order valence-electron chi connectivity index (χ2n) is 9.26. The van der Waals surface area contributed by atoms with Gasteiger partial charge in [-0.1, -0.05) is 18.2 Å². The number of nitrogens with zero attached hydrogens (tertiary/aromatic N) is 3. The second-order valence-corrected chi connectivity index (χ2v) is 9.26. The van der Waals surface area contributed by atoms with Crippen molar-refractivity contribution >= 4 is 29.3 Å². The normalized spacial score (nSPS) is 19.9. The van der Waals surface area contributed by atoms with Crippen molar-refractivity contribution in [1.29, 1.82) is 0 Å². The van der Waals surface area contributed by atoms with E-state index in [2.05, 4.69) is 0 Å². The number of rotatable bonds is 3. The van der Waals surface area contributed by atoms with Crippen molar-refractivity contribution in [3.63, 3.8) is 0 Å². The average molecular weight is 466 g/mol. The van der Waals surface area contributed by atoms with E-state index in [1.54, 1.807) is 40.7 Å². The van der Waals surface area contributed by atoms with Gasteiger partial charge in [0.25, 0.3) is 5.91 Å². The molecule has 0 radical (unpaired) electrons. The van der Waals surface area contributed by atoms with Crippen molar-refractivity contribution in [2.24, 2.45) is 0 Å². The number of aliphatic hydroxyl groups is 1. The zero-order valence-electron chi connectivity index (χ0n) is 20.0. The molecule has 2 aromatic rings. The van der Waals surface area contributed by atoms with Gasteiger partial charge in [-0.15, -0.1) is 0 Å². The fourth-order valence-corrected chi connectivity index (χ4v) is 4.64. The van der Waals surface area contributed by atoms with Gasteiger partial charge >= 0.3 is 6.09 Å². The third-order valence-corrected chi connectivity index (χ3v) is 6.23. The maximum atomic E-state index is 12.9. The summed E-state index contributed by atoms with van der Waals surface area (Å²) in [6.45, 7) is 8.27. The van der Waals surface area contributed by atoms with Crippen LogP contribution in [0.15, 0.2) is 42.5 Å². The van der Waals surface area contributed by atoms with E-state index in [-0.39, 0.29) is 24.0 Å². The molecule has 34 heavy (non-hydrogen) atoms. The molecule has 0 spiro atoms. The number of carbonyl (C=O) groups is 3. The molecule has 180 valence electrons. The SMILES string of the molecule is CC(=O)N1c2ccc(-c3ccc(C(=O)N4CCC(O)C4)cc3)cc2N(C(=O)OC(C)C)C[C@@H]1C. The summed E-state index contributed by atoms with van der Waals surface area (Å²) in [6.07, 6.45) is -0.564. The first-order valence-electron chi connectivity index (χ1n) is 11.7. The van der Waals surface area contributed by atoms with Gasteiger partial charge in [-0.3, -0.25) is 14.5 Å². The van der Waals surface area contributed by atoms with Crippen molar-refractivity contribution in [2.75, 3.05) is 29.4 Å². The van der Waals surface area contributed by atoms with Crippen LogP contribution in [0.2, 0.25) is 0 Å². The molecule has 8 heteroatoms. The molecule has 2 aliphatic rings. The highest BCUT2D eigenvalue weighted by atomic mass is 16.6. The van der Waals surface area contributed by atoms with E-state index in [4.69, 9.17) is 4.74 Å². The quantitative estimate of drug-likeness (QED) is 0.747. The minimum atomic E-state index is -0.457. The highest BCUT2D eigenvalue weighted by Crippen LogP contribution is 2.39. The van der Waals surface area contributed by atoms with Gasteiger partial charge in [0.2, 0.25) is 5.91 Å². The second kappa shape index (κ2) is 9.46. The van der Waals surface area contributed by atoms with Crippen molar-refractivity contribution in [2.45, 2.75) is 52.4 Å². The standard InChI is InChI=1S/C26H31N3O5/c1-16(2)34-26(33)28-14-17(3)29(18(4)30)23-10-9-21(13-24(23)28)19-5-7-20(8-6-19)25(32)27-12-11-22(31)15-27/h5-10,13,16-17,22,31H,11-12,14-15H2,1-4H3/t17-,22?/m0/s1. The van der Waals surface area contributed by atoms with Gasteiger partial charge in [-0.05, 0) is 62.6 Å². The number of anilines is 2. The molecule has 1 fully saturated rings. The van der Waals surface area contributed by atoms with Crippen LogP contribution in [-0.4, -0.2) is 65.8 Å². The molecule has 0 bridgehead atoms. The van der Waals surface area contributed by atoms with Gasteiger partial charge in [0, 0.05) is 32.1 Å². The molecule has 1 unspecified atom stereocenters. The van der Waals surface area contributed by atoms with E-state index in [1.165, 1.54) is 6.92 Å². The van der Waals surface area contributed by atoms with E-state index >= 15 is 0 Å². The number of β-amino-alcohol motifs (C(OH)–C–C–N with tert-alkyl or cyclic N) is 1. The number of ether oxygens (including phenoxy) is 1. The van der Waals surface area contributed by atoms with Crippen LogP contribution in [0.25, 0.3) is 11.1 Å². The van der Waals surface area contributed by atoms with Gasteiger partial charge in [0.15, 0.2) is 0 Å². The monoisotopic (exact) mass is 465 g/mol. The van der Waals surface area contributed by atoms with E-state index in [0.29, 0.717) is 43.0 Å². The highest BCUT2D eigenvalue weighted by molar-refractivity contribution is 6.03. The Morgan fingerprint density at radius 3 is 2.26 bits per heavy atom. The number of likely N-dealkylation sites (tertiary alicyclic amines) is 1. The van der Waals surface area contributed by atoms with Crippen molar-refractivity contribution in [3.8, 4) is 11.1 Å². The topological polar surface area (TPSA) is 90.4 Å². The number of hydrogen-bond acceptors (Lipinski definition) is 5. The average Bonchev–Trinajstić information content (AvgIpc) is 3.23. The third kappa shape index (κ3) is 4.63. The minimum absolute atomic E-state index is 0.0896. The number of hydrogen-bond donors (Lipinski definition) is 1. The molecular formula is C26H31N3O5. The first-order valence-corrected chi connectivity index (χ1v) is 11.7. The van der Waals surface area contributed by atoms with Crippen LogP contribution in [0, 0.1) is 0 Å². The number of benzene rings is 2. The van der Waals surface area contributed by atoms with Gasteiger partial charge in [0.1, 0.15) is 0 Å². The summed E-state index contributed by atoms with van der Waals surface area (Å²) in [5.74, 6) is -0.185. The third-order valence-electron chi connectivity index (χ3n) is 6.23. The van der Waals surface area contributed by atoms with Crippen molar-refractivity contribution in [3.05, 3.63) is 48.0 Å². The summed E-state index contributed by atoms with van der Waals surface area (Å²) >= 11 is 0. The van der Waals surface area contributed by atoms with Gasteiger partial charge in [0.05, 0.1) is 29.6 Å². The molecule has 8 nitrogen and oxygen atoms in total. The number of amides is 3. The van der Waals surface area contributed by atoms with Gasteiger partial charge in [-0.2, -0.15) is 0 Å². The summed E-state index contributed by atoms with van der Waals surface area (Å²) in [5, 5.41) is 9.71. The van der Waals surface area contributed by atoms with Gasteiger partial charge < -0.3 is 19.6 Å². The smallest absolute Gasteiger partial charge is 0.414 e. The lowest BCUT2D eigenvalue weighted by atomic mass is 9.99. The Morgan fingerprint density at radius 1 is 1.00 bits per heavy atom. The van der Waals surface area contributed by atoms with E-state index in [1.807, 2.05) is 37.3 Å². The number of carbonyl (C=O) groups excluding carboxylic acids is 3. The Hall–Kier alpha value is -3.39. The zero-order chi connectivity index (χ0) is 24.6. The summed E-state index contributed by atoms with van der Waals surface area (Å²) in [4.78, 5) is 42.8. The van der Waals surface area contributed by atoms with Crippen LogP contribution < -0.4 is 9.80 Å². The highest BCUT2D eigenvalue weighted by Gasteiger charge is 2.35. The van der Waals surface area contributed by atoms with Crippen LogP contribution in [0.5, 0.6) is 0 Å². The Bertz CT molecular complexity index is 1100.